The molecule has 0 radical (unpaired) electrons. The molecule has 19 heavy (non-hydrogen) atoms. The van der Waals surface area contributed by atoms with Gasteiger partial charge in [0.15, 0.2) is 16.6 Å². The molecule has 0 aliphatic carbocycles. The Labute approximate surface area is 118 Å². The molecule has 0 unspecified atom stereocenters. The van der Waals surface area contributed by atoms with Crippen molar-refractivity contribution in [3.05, 3.63) is 23.8 Å². The molecule has 0 saturated carbocycles. The van der Waals surface area contributed by atoms with E-state index in [9.17, 15) is 5.11 Å². The summed E-state index contributed by atoms with van der Waals surface area (Å²) in [5, 5.41) is 17.1. The molecule has 5 nitrogen and oxygen atoms in total. The zero-order chi connectivity index (χ0) is 14.3. The minimum absolute atomic E-state index is 0.115. The number of hydrogen-bond acceptors (Lipinski definition) is 4. The summed E-state index contributed by atoms with van der Waals surface area (Å²) < 4.78 is 5.29. The third-order valence-electron chi connectivity index (χ3n) is 2.08. The van der Waals surface area contributed by atoms with E-state index >= 15 is 0 Å². The Morgan fingerprint density at radius 2 is 2.26 bits per heavy atom. The van der Waals surface area contributed by atoms with Crippen LogP contribution in [0.15, 0.2) is 23.3 Å². The second kappa shape index (κ2) is 7.58. The van der Waals surface area contributed by atoms with Gasteiger partial charge in [-0.05, 0) is 56.8 Å². The number of aromatic hydroxyl groups is 1. The van der Waals surface area contributed by atoms with Crippen LogP contribution in [0.4, 0.5) is 0 Å². The summed E-state index contributed by atoms with van der Waals surface area (Å²) >= 11 is 5.03. The van der Waals surface area contributed by atoms with Gasteiger partial charge in [-0.1, -0.05) is 0 Å². The molecule has 0 aliphatic heterocycles. The first kappa shape index (κ1) is 15.2. The highest BCUT2D eigenvalue weighted by molar-refractivity contribution is 7.80. The normalized spacial score (nSPS) is 10.7. The molecule has 0 bridgehead atoms. The van der Waals surface area contributed by atoms with Crippen molar-refractivity contribution >= 4 is 23.5 Å². The molecule has 1 aromatic rings. The topological polar surface area (TPSA) is 65.9 Å². The van der Waals surface area contributed by atoms with Crippen molar-refractivity contribution < 1.29 is 9.84 Å². The van der Waals surface area contributed by atoms with E-state index in [4.69, 9.17) is 17.0 Å². The molecule has 6 heteroatoms. The van der Waals surface area contributed by atoms with E-state index < -0.39 is 0 Å². The monoisotopic (exact) mass is 281 g/mol. The number of hydrazone groups is 1. The highest BCUT2D eigenvalue weighted by Gasteiger charge is 2.02. The number of ether oxygens (including phenoxy) is 1. The van der Waals surface area contributed by atoms with E-state index in [2.05, 4.69) is 15.8 Å². The van der Waals surface area contributed by atoms with Gasteiger partial charge < -0.3 is 15.2 Å². The van der Waals surface area contributed by atoms with Gasteiger partial charge in [-0.25, -0.2) is 0 Å². The Bertz CT molecular complexity index is 461. The van der Waals surface area contributed by atoms with Gasteiger partial charge in [0.1, 0.15) is 0 Å². The summed E-state index contributed by atoms with van der Waals surface area (Å²) in [6.07, 6.45) is 1.61. The van der Waals surface area contributed by atoms with Gasteiger partial charge in [0, 0.05) is 6.04 Å². The van der Waals surface area contributed by atoms with E-state index in [1.807, 2.05) is 20.8 Å². The summed E-state index contributed by atoms with van der Waals surface area (Å²) in [6.45, 7) is 6.34. The van der Waals surface area contributed by atoms with Crippen LogP contribution in [0, 0.1) is 0 Å². The third kappa shape index (κ3) is 5.56. The van der Waals surface area contributed by atoms with Crippen molar-refractivity contribution in [3.8, 4) is 11.5 Å². The smallest absolute Gasteiger partial charge is 0.187 e. The fourth-order valence-corrected chi connectivity index (χ4v) is 1.63. The highest BCUT2D eigenvalue weighted by Crippen LogP contribution is 2.25. The molecule has 0 amide bonds. The lowest BCUT2D eigenvalue weighted by Crippen LogP contribution is -2.36. The first-order valence-electron chi connectivity index (χ1n) is 6.08. The Morgan fingerprint density at radius 1 is 1.53 bits per heavy atom. The lowest BCUT2D eigenvalue weighted by molar-refractivity contribution is 0.318. The molecule has 1 aromatic carbocycles. The molecule has 0 fully saturated rings. The maximum absolute atomic E-state index is 9.56. The van der Waals surface area contributed by atoms with Crippen molar-refractivity contribution in [3.63, 3.8) is 0 Å². The van der Waals surface area contributed by atoms with Gasteiger partial charge in [-0.3, -0.25) is 5.43 Å². The van der Waals surface area contributed by atoms with E-state index in [1.54, 1.807) is 24.4 Å². The largest absolute Gasteiger partial charge is 0.504 e. The Morgan fingerprint density at radius 3 is 2.89 bits per heavy atom. The molecule has 1 rings (SSSR count). The summed E-state index contributed by atoms with van der Waals surface area (Å²) in [5.74, 6) is 0.554. The quantitative estimate of drug-likeness (QED) is 0.437. The maximum Gasteiger partial charge on any atom is 0.187 e. The summed E-state index contributed by atoms with van der Waals surface area (Å²) in [5.41, 5.74) is 3.52. The van der Waals surface area contributed by atoms with Crippen LogP contribution >= 0.6 is 12.2 Å². The van der Waals surface area contributed by atoms with Crippen molar-refractivity contribution in [1.29, 1.82) is 0 Å². The maximum atomic E-state index is 9.56. The van der Waals surface area contributed by atoms with E-state index in [0.717, 1.165) is 5.56 Å². The number of phenolic OH excluding ortho intramolecular Hbond substituents is 1. The summed E-state index contributed by atoms with van der Waals surface area (Å²) in [4.78, 5) is 0. The van der Waals surface area contributed by atoms with Crippen molar-refractivity contribution in [2.45, 2.75) is 26.8 Å². The van der Waals surface area contributed by atoms with Crippen LogP contribution in [-0.2, 0) is 0 Å². The summed E-state index contributed by atoms with van der Waals surface area (Å²) in [7, 11) is 0. The number of rotatable bonds is 5. The van der Waals surface area contributed by atoms with Crippen LogP contribution in [0.2, 0.25) is 0 Å². The lowest BCUT2D eigenvalue weighted by Gasteiger charge is -2.09. The molecule has 3 N–H and O–H groups in total. The number of thiocarbonyl (C=S) groups is 1. The number of benzene rings is 1. The Hall–Kier alpha value is -1.82. The van der Waals surface area contributed by atoms with Crippen molar-refractivity contribution in [1.82, 2.24) is 10.7 Å². The third-order valence-corrected chi connectivity index (χ3v) is 2.29. The fraction of sp³-hybridized carbons (Fsp3) is 0.385. The minimum Gasteiger partial charge on any atom is -0.504 e. The van der Waals surface area contributed by atoms with Crippen LogP contribution in [0.1, 0.15) is 26.3 Å². The average Bonchev–Trinajstić information content (AvgIpc) is 2.32. The second-order valence-corrected chi connectivity index (χ2v) is 4.57. The fourth-order valence-electron chi connectivity index (χ4n) is 1.34. The highest BCUT2D eigenvalue weighted by atomic mass is 32.1. The van der Waals surface area contributed by atoms with Gasteiger partial charge in [0.05, 0.1) is 12.8 Å². The zero-order valence-corrected chi connectivity index (χ0v) is 12.1. The molecule has 0 spiro atoms. The van der Waals surface area contributed by atoms with Gasteiger partial charge in [-0.15, -0.1) is 0 Å². The molecule has 0 aliphatic rings. The van der Waals surface area contributed by atoms with Gasteiger partial charge in [0.2, 0.25) is 0 Å². The molecule has 0 saturated heterocycles. The molecular weight excluding hydrogens is 262 g/mol. The lowest BCUT2D eigenvalue weighted by atomic mass is 10.2. The molecular formula is C13H19N3O2S. The average molecular weight is 281 g/mol. The molecule has 0 atom stereocenters. The van der Waals surface area contributed by atoms with Crippen LogP contribution in [0.3, 0.4) is 0 Å². The van der Waals surface area contributed by atoms with Crippen molar-refractivity contribution in [2.24, 2.45) is 5.10 Å². The molecule has 104 valence electrons. The second-order valence-electron chi connectivity index (χ2n) is 4.16. The number of nitrogens with one attached hydrogen (secondary N) is 2. The first-order chi connectivity index (χ1) is 9.02. The van der Waals surface area contributed by atoms with E-state index in [1.165, 1.54) is 0 Å². The van der Waals surface area contributed by atoms with Crippen molar-refractivity contribution in [2.75, 3.05) is 6.61 Å². The number of nitrogens with zero attached hydrogens (tertiary/aromatic N) is 1. The molecule has 0 heterocycles. The van der Waals surface area contributed by atoms with Crippen LogP contribution in [0.25, 0.3) is 0 Å². The van der Waals surface area contributed by atoms with Gasteiger partial charge in [-0.2, -0.15) is 5.10 Å². The standard InChI is InChI=1S/C13H19N3O2S/c1-4-18-12-7-10(5-6-11(12)17)8-14-16-13(19)15-9(2)3/h5-9,17H,4H2,1-3H3,(H2,15,16,19). The number of phenols is 1. The first-order valence-corrected chi connectivity index (χ1v) is 6.49. The van der Waals surface area contributed by atoms with Gasteiger partial charge in [0.25, 0.3) is 0 Å². The Kier molecular flexibility index (Phi) is 6.08. The van der Waals surface area contributed by atoms with Crippen LogP contribution < -0.4 is 15.5 Å². The van der Waals surface area contributed by atoms with Gasteiger partial charge >= 0.3 is 0 Å². The predicted molar refractivity (Wildman–Crippen MR) is 80.9 cm³/mol. The Balaban J connectivity index is 2.61. The van der Waals surface area contributed by atoms with Crippen LogP contribution in [-0.4, -0.2) is 29.1 Å². The van der Waals surface area contributed by atoms with Crippen LogP contribution in [0.5, 0.6) is 11.5 Å². The van der Waals surface area contributed by atoms with E-state index in [-0.39, 0.29) is 11.8 Å². The SMILES string of the molecule is CCOc1cc(C=NNC(=S)NC(C)C)ccc1O. The zero-order valence-electron chi connectivity index (χ0n) is 11.3. The number of hydrogen-bond donors (Lipinski definition) is 3. The minimum atomic E-state index is 0.115. The summed E-state index contributed by atoms with van der Waals surface area (Å²) in [6, 6.07) is 5.27. The predicted octanol–water partition coefficient (Wildman–Crippen LogP) is 2.00. The molecule has 0 aromatic heterocycles. The van der Waals surface area contributed by atoms with E-state index in [0.29, 0.717) is 17.5 Å².